The van der Waals surface area contributed by atoms with Crippen molar-refractivity contribution in [2.75, 3.05) is 0 Å². The normalized spacial score (nSPS) is 15.5. The van der Waals surface area contributed by atoms with E-state index < -0.39 is 5.97 Å². The Labute approximate surface area is 116 Å². The molecule has 0 unspecified atom stereocenters. The van der Waals surface area contributed by atoms with Crippen LogP contribution in [-0.4, -0.2) is 20.9 Å². The molecule has 3 rings (SSSR count). The summed E-state index contributed by atoms with van der Waals surface area (Å²) in [5, 5.41) is 14.9. The molecule has 2 aromatic rings. The fraction of sp³-hybridized carbons (Fsp3) is 0.571. The van der Waals surface area contributed by atoms with E-state index in [4.69, 9.17) is 10.2 Å². The van der Waals surface area contributed by atoms with Crippen LogP contribution in [0.15, 0.2) is 6.07 Å². The lowest BCUT2D eigenvalue weighted by molar-refractivity contribution is 0.0702. The SMILES string of the molecule is CC(C)CCn1nc(C2CC2)c2cc(C(=O)O)sc21. The van der Waals surface area contributed by atoms with Gasteiger partial charge in [-0.15, -0.1) is 11.3 Å². The second-order valence-corrected chi connectivity index (χ2v) is 6.73. The Morgan fingerprint density at radius 2 is 2.32 bits per heavy atom. The van der Waals surface area contributed by atoms with Crippen molar-refractivity contribution >= 4 is 27.5 Å². The first-order chi connectivity index (χ1) is 9.06. The molecule has 0 aromatic carbocycles. The quantitative estimate of drug-likeness (QED) is 0.906. The van der Waals surface area contributed by atoms with Crippen LogP contribution >= 0.6 is 11.3 Å². The molecule has 0 saturated heterocycles. The first kappa shape index (κ1) is 12.7. The standard InChI is InChI=1S/C14H18N2O2S/c1-8(2)5-6-16-13-10(7-11(19-13)14(17)18)12(15-16)9-3-4-9/h7-9H,3-6H2,1-2H3,(H,17,18). The molecule has 2 aromatic heterocycles. The van der Waals surface area contributed by atoms with Gasteiger partial charge in [0.15, 0.2) is 0 Å². The Bertz CT molecular complexity index is 623. The summed E-state index contributed by atoms with van der Waals surface area (Å²) in [6, 6.07) is 1.80. The number of nitrogens with zero attached hydrogens (tertiary/aromatic N) is 2. The van der Waals surface area contributed by atoms with Gasteiger partial charge in [-0.25, -0.2) is 4.79 Å². The number of carboxylic acid groups (broad SMARTS) is 1. The summed E-state index contributed by atoms with van der Waals surface area (Å²) in [5.74, 6) is 0.347. The molecule has 0 aliphatic heterocycles. The highest BCUT2D eigenvalue weighted by Crippen LogP contribution is 2.44. The van der Waals surface area contributed by atoms with Gasteiger partial charge in [0, 0.05) is 17.8 Å². The van der Waals surface area contributed by atoms with Gasteiger partial charge >= 0.3 is 5.97 Å². The van der Waals surface area contributed by atoms with Crippen LogP contribution in [0.1, 0.15) is 54.4 Å². The Hall–Kier alpha value is -1.36. The molecule has 1 N–H and O–H groups in total. The molecule has 2 heterocycles. The van der Waals surface area contributed by atoms with Crippen LogP contribution in [0, 0.1) is 5.92 Å². The van der Waals surface area contributed by atoms with E-state index in [1.807, 2.05) is 4.68 Å². The monoisotopic (exact) mass is 278 g/mol. The Morgan fingerprint density at radius 3 is 2.89 bits per heavy atom. The van der Waals surface area contributed by atoms with Gasteiger partial charge in [0.05, 0.1) is 5.69 Å². The number of carboxylic acids is 1. The maximum atomic E-state index is 11.1. The van der Waals surface area contributed by atoms with Crippen LogP contribution in [0.5, 0.6) is 0 Å². The number of hydrogen-bond donors (Lipinski definition) is 1. The zero-order chi connectivity index (χ0) is 13.6. The summed E-state index contributed by atoms with van der Waals surface area (Å²) in [7, 11) is 0. The lowest BCUT2D eigenvalue weighted by Gasteiger charge is -2.04. The number of hydrogen-bond acceptors (Lipinski definition) is 3. The molecule has 4 nitrogen and oxygen atoms in total. The number of rotatable bonds is 5. The predicted molar refractivity (Wildman–Crippen MR) is 76.0 cm³/mol. The van der Waals surface area contributed by atoms with E-state index in [0.29, 0.717) is 16.7 Å². The van der Waals surface area contributed by atoms with Crippen molar-refractivity contribution in [3.63, 3.8) is 0 Å². The van der Waals surface area contributed by atoms with Crippen molar-refractivity contribution in [1.82, 2.24) is 9.78 Å². The number of carbonyl (C=O) groups is 1. The molecule has 0 amide bonds. The molecule has 1 fully saturated rings. The van der Waals surface area contributed by atoms with E-state index in [9.17, 15) is 4.79 Å². The molecule has 19 heavy (non-hydrogen) atoms. The second-order valence-electron chi connectivity index (χ2n) is 5.70. The van der Waals surface area contributed by atoms with Gasteiger partial charge in [0.2, 0.25) is 0 Å². The molecule has 5 heteroatoms. The van der Waals surface area contributed by atoms with Crippen molar-refractivity contribution < 1.29 is 9.90 Å². The fourth-order valence-corrected chi connectivity index (χ4v) is 3.27. The van der Waals surface area contributed by atoms with Crippen LogP contribution < -0.4 is 0 Å². The number of aryl methyl sites for hydroxylation is 1. The Morgan fingerprint density at radius 1 is 1.58 bits per heavy atom. The van der Waals surface area contributed by atoms with Crippen LogP contribution in [-0.2, 0) is 6.54 Å². The van der Waals surface area contributed by atoms with E-state index >= 15 is 0 Å². The average Bonchev–Trinajstić information content (AvgIpc) is 2.98. The molecular weight excluding hydrogens is 260 g/mol. The maximum absolute atomic E-state index is 11.1. The van der Waals surface area contributed by atoms with E-state index in [1.165, 1.54) is 24.2 Å². The topological polar surface area (TPSA) is 55.1 Å². The number of thiophene rings is 1. The van der Waals surface area contributed by atoms with Crippen molar-refractivity contribution in [3.8, 4) is 0 Å². The van der Waals surface area contributed by atoms with Gasteiger partial charge in [0.25, 0.3) is 0 Å². The third kappa shape index (κ3) is 2.39. The second kappa shape index (κ2) is 4.63. The predicted octanol–water partition coefficient (Wildman–Crippen LogP) is 3.72. The molecule has 0 spiro atoms. The minimum absolute atomic E-state index is 0.424. The zero-order valence-electron chi connectivity index (χ0n) is 11.2. The molecule has 0 atom stereocenters. The highest BCUT2D eigenvalue weighted by atomic mass is 32.1. The number of aromatic nitrogens is 2. The molecule has 1 saturated carbocycles. The lowest BCUT2D eigenvalue weighted by atomic mass is 10.1. The first-order valence-electron chi connectivity index (χ1n) is 6.79. The third-order valence-corrected chi connectivity index (χ3v) is 4.68. The van der Waals surface area contributed by atoms with E-state index in [-0.39, 0.29) is 0 Å². The van der Waals surface area contributed by atoms with E-state index in [2.05, 4.69) is 13.8 Å². The van der Waals surface area contributed by atoms with Crippen molar-refractivity contribution in [3.05, 3.63) is 16.6 Å². The van der Waals surface area contributed by atoms with Gasteiger partial charge in [-0.2, -0.15) is 5.10 Å². The third-order valence-electron chi connectivity index (χ3n) is 3.54. The molecular formula is C14H18N2O2S. The van der Waals surface area contributed by atoms with E-state index in [0.717, 1.165) is 28.9 Å². The fourth-order valence-electron chi connectivity index (χ4n) is 2.28. The van der Waals surface area contributed by atoms with Crippen molar-refractivity contribution in [2.45, 2.75) is 45.6 Å². The lowest BCUT2D eigenvalue weighted by Crippen LogP contribution is -2.03. The van der Waals surface area contributed by atoms with Crippen LogP contribution in [0.25, 0.3) is 10.2 Å². The summed E-state index contributed by atoms with van der Waals surface area (Å²) in [6.45, 7) is 5.26. The zero-order valence-corrected chi connectivity index (χ0v) is 12.0. The average molecular weight is 278 g/mol. The molecule has 0 radical (unpaired) electrons. The number of fused-ring (bicyclic) bond motifs is 1. The summed E-state index contributed by atoms with van der Waals surface area (Å²) < 4.78 is 2.01. The smallest absolute Gasteiger partial charge is 0.345 e. The van der Waals surface area contributed by atoms with Gasteiger partial charge in [-0.05, 0) is 31.2 Å². The largest absolute Gasteiger partial charge is 0.477 e. The molecule has 102 valence electrons. The highest BCUT2D eigenvalue weighted by molar-refractivity contribution is 7.20. The minimum Gasteiger partial charge on any atom is -0.477 e. The van der Waals surface area contributed by atoms with Crippen LogP contribution in [0.3, 0.4) is 0 Å². The van der Waals surface area contributed by atoms with Crippen molar-refractivity contribution in [1.29, 1.82) is 0 Å². The summed E-state index contributed by atoms with van der Waals surface area (Å²) in [6.07, 6.45) is 3.45. The van der Waals surface area contributed by atoms with Crippen molar-refractivity contribution in [2.24, 2.45) is 5.92 Å². The summed E-state index contributed by atoms with van der Waals surface area (Å²) in [4.78, 5) is 12.6. The van der Waals surface area contributed by atoms with Gasteiger partial charge in [-0.3, -0.25) is 4.68 Å². The Kier molecular flexibility index (Phi) is 3.09. The molecule has 1 aliphatic carbocycles. The minimum atomic E-state index is -0.835. The van der Waals surface area contributed by atoms with Crippen LogP contribution in [0.4, 0.5) is 0 Å². The molecule has 0 bridgehead atoms. The highest BCUT2D eigenvalue weighted by Gasteiger charge is 2.30. The molecule has 1 aliphatic rings. The number of aromatic carboxylic acids is 1. The summed E-state index contributed by atoms with van der Waals surface area (Å²) >= 11 is 1.35. The maximum Gasteiger partial charge on any atom is 0.345 e. The van der Waals surface area contributed by atoms with Gasteiger partial charge in [0.1, 0.15) is 9.71 Å². The summed E-state index contributed by atoms with van der Waals surface area (Å²) in [5.41, 5.74) is 1.11. The first-order valence-corrected chi connectivity index (χ1v) is 7.61. The Balaban J connectivity index is 2.02. The van der Waals surface area contributed by atoms with Gasteiger partial charge in [-0.1, -0.05) is 13.8 Å². The van der Waals surface area contributed by atoms with E-state index in [1.54, 1.807) is 6.07 Å². The van der Waals surface area contributed by atoms with Crippen LogP contribution in [0.2, 0.25) is 0 Å². The van der Waals surface area contributed by atoms with Gasteiger partial charge < -0.3 is 5.11 Å².